The lowest BCUT2D eigenvalue weighted by Crippen LogP contribution is -2.45. The first kappa shape index (κ1) is 11.2. The Morgan fingerprint density at radius 2 is 2.20 bits per heavy atom. The molecule has 0 unspecified atom stereocenters. The zero-order chi connectivity index (χ0) is 10.7. The monoisotopic (exact) mass is 207 g/mol. The first-order chi connectivity index (χ1) is 7.27. The molecule has 0 spiro atoms. The van der Waals surface area contributed by atoms with E-state index in [4.69, 9.17) is 0 Å². The molecule has 0 aromatic heterocycles. The Hall–Kier alpha value is -0.300. The summed E-state index contributed by atoms with van der Waals surface area (Å²) >= 11 is 0. The van der Waals surface area contributed by atoms with E-state index in [0.717, 1.165) is 12.5 Å². The van der Waals surface area contributed by atoms with Gasteiger partial charge in [0, 0.05) is 12.0 Å². The zero-order valence-electron chi connectivity index (χ0n) is 10.3. The second kappa shape index (κ2) is 4.69. The third-order valence-corrected chi connectivity index (χ3v) is 4.16. The summed E-state index contributed by atoms with van der Waals surface area (Å²) in [5.41, 5.74) is 2.35. The minimum absolute atomic E-state index is 0.565. The first-order valence-electron chi connectivity index (χ1n) is 6.67. The number of hydrogen-bond acceptors (Lipinski definition) is 1. The molecule has 0 heterocycles. The highest BCUT2D eigenvalue weighted by molar-refractivity contribution is 5.21. The second-order valence-corrected chi connectivity index (χ2v) is 5.55. The Morgan fingerprint density at radius 3 is 2.73 bits per heavy atom. The van der Waals surface area contributed by atoms with Gasteiger partial charge >= 0.3 is 0 Å². The van der Waals surface area contributed by atoms with E-state index in [9.17, 15) is 0 Å². The molecule has 0 aliphatic heterocycles. The molecule has 1 heteroatoms. The highest BCUT2D eigenvalue weighted by Crippen LogP contribution is 2.52. The van der Waals surface area contributed by atoms with Crippen LogP contribution < -0.4 is 5.32 Å². The average molecular weight is 207 g/mol. The molecule has 0 amide bonds. The van der Waals surface area contributed by atoms with E-state index in [2.05, 4.69) is 25.2 Å². The van der Waals surface area contributed by atoms with Crippen molar-refractivity contribution < 1.29 is 0 Å². The van der Waals surface area contributed by atoms with Crippen molar-refractivity contribution in [2.24, 2.45) is 11.3 Å². The van der Waals surface area contributed by atoms with Crippen LogP contribution in [0.1, 0.15) is 52.4 Å². The SMILES string of the molecule is CCNCC1(C2=CCCCC2)CC(C)C1. The van der Waals surface area contributed by atoms with Crippen LogP contribution in [0.4, 0.5) is 0 Å². The lowest BCUT2D eigenvalue weighted by Gasteiger charge is -2.49. The topological polar surface area (TPSA) is 12.0 Å². The van der Waals surface area contributed by atoms with Gasteiger partial charge in [0.05, 0.1) is 0 Å². The summed E-state index contributed by atoms with van der Waals surface area (Å²) in [4.78, 5) is 0. The number of allylic oxidation sites excluding steroid dienone is 1. The van der Waals surface area contributed by atoms with Gasteiger partial charge in [0.25, 0.3) is 0 Å². The quantitative estimate of drug-likeness (QED) is 0.696. The van der Waals surface area contributed by atoms with Crippen molar-refractivity contribution in [2.75, 3.05) is 13.1 Å². The summed E-state index contributed by atoms with van der Waals surface area (Å²) in [6.07, 6.45) is 10.9. The Bertz CT molecular complexity index is 236. The number of nitrogens with one attached hydrogen (secondary N) is 1. The van der Waals surface area contributed by atoms with Crippen LogP contribution in [0.15, 0.2) is 11.6 Å². The third kappa shape index (κ3) is 2.28. The number of hydrogen-bond donors (Lipinski definition) is 1. The van der Waals surface area contributed by atoms with Gasteiger partial charge in [-0.1, -0.05) is 25.5 Å². The van der Waals surface area contributed by atoms with Crippen molar-refractivity contribution in [3.05, 3.63) is 11.6 Å². The van der Waals surface area contributed by atoms with Crippen molar-refractivity contribution >= 4 is 0 Å². The Morgan fingerprint density at radius 1 is 1.40 bits per heavy atom. The molecule has 0 saturated heterocycles. The third-order valence-electron chi connectivity index (χ3n) is 4.16. The summed E-state index contributed by atoms with van der Waals surface area (Å²) in [7, 11) is 0. The highest BCUT2D eigenvalue weighted by atomic mass is 14.9. The van der Waals surface area contributed by atoms with Gasteiger partial charge in [-0.2, -0.15) is 0 Å². The normalized spacial score (nSPS) is 35.9. The van der Waals surface area contributed by atoms with Crippen LogP contribution in [0.25, 0.3) is 0 Å². The fourth-order valence-corrected chi connectivity index (χ4v) is 3.48. The first-order valence-corrected chi connectivity index (χ1v) is 6.67. The highest BCUT2D eigenvalue weighted by Gasteiger charge is 2.44. The van der Waals surface area contributed by atoms with Gasteiger partial charge < -0.3 is 5.32 Å². The van der Waals surface area contributed by atoms with E-state index in [1.54, 1.807) is 5.57 Å². The lowest BCUT2D eigenvalue weighted by molar-refractivity contribution is 0.101. The fourth-order valence-electron chi connectivity index (χ4n) is 3.48. The molecule has 1 nitrogen and oxygen atoms in total. The second-order valence-electron chi connectivity index (χ2n) is 5.55. The van der Waals surface area contributed by atoms with E-state index < -0.39 is 0 Å². The van der Waals surface area contributed by atoms with Crippen molar-refractivity contribution in [3.8, 4) is 0 Å². The van der Waals surface area contributed by atoms with Crippen LogP contribution >= 0.6 is 0 Å². The molecule has 0 atom stereocenters. The molecule has 0 aromatic carbocycles. The van der Waals surface area contributed by atoms with Crippen molar-refractivity contribution in [2.45, 2.75) is 52.4 Å². The Balaban J connectivity index is 2.02. The van der Waals surface area contributed by atoms with Crippen molar-refractivity contribution in [1.82, 2.24) is 5.32 Å². The van der Waals surface area contributed by atoms with Crippen molar-refractivity contribution in [1.29, 1.82) is 0 Å². The lowest BCUT2D eigenvalue weighted by atomic mass is 9.57. The molecule has 0 bridgehead atoms. The van der Waals surface area contributed by atoms with Crippen LogP contribution in [0, 0.1) is 11.3 Å². The fraction of sp³-hybridized carbons (Fsp3) is 0.857. The molecule has 1 saturated carbocycles. The minimum atomic E-state index is 0.565. The molecule has 86 valence electrons. The van der Waals surface area contributed by atoms with Gasteiger partial charge in [0.2, 0.25) is 0 Å². The summed E-state index contributed by atoms with van der Waals surface area (Å²) in [6.45, 7) is 6.95. The summed E-state index contributed by atoms with van der Waals surface area (Å²) in [5, 5.41) is 3.57. The smallest absolute Gasteiger partial charge is 0.00453 e. The molecular weight excluding hydrogens is 182 g/mol. The predicted octanol–water partition coefficient (Wildman–Crippen LogP) is 3.51. The van der Waals surface area contributed by atoms with E-state index in [1.165, 1.54) is 45.1 Å². The van der Waals surface area contributed by atoms with Gasteiger partial charge in [0.1, 0.15) is 0 Å². The molecule has 1 N–H and O–H groups in total. The summed E-state index contributed by atoms with van der Waals surface area (Å²) in [6, 6.07) is 0. The molecule has 2 aliphatic rings. The van der Waals surface area contributed by atoms with Gasteiger partial charge in [-0.25, -0.2) is 0 Å². The molecule has 0 radical (unpaired) electrons. The molecule has 0 aromatic rings. The van der Waals surface area contributed by atoms with E-state index >= 15 is 0 Å². The molecule has 2 rings (SSSR count). The standard InChI is InChI=1S/C14H25N/c1-3-15-11-14(9-12(2)10-14)13-7-5-4-6-8-13/h7,12,15H,3-6,8-11H2,1-2H3. The van der Waals surface area contributed by atoms with Crippen LogP contribution in [0.3, 0.4) is 0 Å². The van der Waals surface area contributed by atoms with Gasteiger partial charge in [-0.3, -0.25) is 0 Å². The summed E-state index contributed by atoms with van der Waals surface area (Å²) in [5.74, 6) is 0.950. The Labute approximate surface area is 94.3 Å². The van der Waals surface area contributed by atoms with E-state index in [-0.39, 0.29) is 0 Å². The Kier molecular flexibility index (Phi) is 3.50. The minimum Gasteiger partial charge on any atom is -0.316 e. The van der Waals surface area contributed by atoms with Crippen LogP contribution in [-0.2, 0) is 0 Å². The maximum Gasteiger partial charge on any atom is 0.00453 e. The zero-order valence-corrected chi connectivity index (χ0v) is 10.3. The van der Waals surface area contributed by atoms with E-state index in [0.29, 0.717) is 5.41 Å². The average Bonchev–Trinajstić information content (AvgIpc) is 2.24. The molecule has 15 heavy (non-hydrogen) atoms. The van der Waals surface area contributed by atoms with Gasteiger partial charge in [-0.05, 0) is 51.0 Å². The van der Waals surface area contributed by atoms with Crippen LogP contribution in [-0.4, -0.2) is 13.1 Å². The van der Waals surface area contributed by atoms with Crippen LogP contribution in [0.2, 0.25) is 0 Å². The predicted molar refractivity (Wildman–Crippen MR) is 65.9 cm³/mol. The largest absolute Gasteiger partial charge is 0.316 e. The summed E-state index contributed by atoms with van der Waals surface area (Å²) < 4.78 is 0. The van der Waals surface area contributed by atoms with Gasteiger partial charge in [0.15, 0.2) is 0 Å². The molecule has 2 aliphatic carbocycles. The number of rotatable bonds is 4. The molecule has 1 fully saturated rings. The molecular formula is C14H25N. The van der Waals surface area contributed by atoms with E-state index in [1.807, 2.05) is 0 Å². The van der Waals surface area contributed by atoms with Crippen molar-refractivity contribution in [3.63, 3.8) is 0 Å². The maximum absolute atomic E-state index is 3.57. The maximum atomic E-state index is 3.57. The van der Waals surface area contributed by atoms with Gasteiger partial charge in [-0.15, -0.1) is 0 Å². The van der Waals surface area contributed by atoms with Crippen LogP contribution in [0.5, 0.6) is 0 Å².